The lowest BCUT2D eigenvalue weighted by Crippen LogP contribution is -2.36. The monoisotopic (exact) mass is 344 g/mol. The molecule has 3 rings (SSSR count). The molecular formula is C19H21ClN2O2. The summed E-state index contributed by atoms with van der Waals surface area (Å²) in [5, 5.41) is 3.60. The number of hydrogen-bond donors (Lipinski definition) is 1. The quantitative estimate of drug-likeness (QED) is 0.808. The normalized spacial score (nSPS) is 16.5. The van der Waals surface area contributed by atoms with Crippen LogP contribution in [0.3, 0.4) is 0 Å². The van der Waals surface area contributed by atoms with E-state index in [1.807, 2.05) is 30.3 Å². The van der Waals surface area contributed by atoms with Crippen molar-refractivity contribution in [2.45, 2.75) is 18.9 Å². The Labute approximate surface area is 147 Å². The van der Waals surface area contributed by atoms with Crippen LogP contribution in [0.1, 0.15) is 30.2 Å². The molecule has 0 unspecified atom stereocenters. The van der Waals surface area contributed by atoms with Gasteiger partial charge < -0.3 is 9.73 Å². The Morgan fingerprint density at radius 3 is 2.75 bits per heavy atom. The topological polar surface area (TPSA) is 45.5 Å². The SMILES string of the molecule is O=C(/C=C/c1ccccc1Cl)NC[C@@H](c1ccco1)N1CCCC1. The fourth-order valence-corrected chi connectivity index (χ4v) is 3.17. The van der Waals surface area contributed by atoms with Gasteiger partial charge in [0.1, 0.15) is 5.76 Å². The van der Waals surface area contributed by atoms with Gasteiger partial charge in [-0.3, -0.25) is 9.69 Å². The van der Waals surface area contributed by atoms with Crippen LogP contribution in [-0.2, 0) is 4.79 Å². The summed E-state index contributed by atoms with van der Waals surface area (Å²) in [5.41, 5.74) is 0.830. The van der Waals surface area contributed by atoms with Crippen molar-refractivity contribution in [2.75, 3.05) is 19.6 Å². The largest absolute Gasteiger partial charge is 0.468 e. The van der Waals surface area contributed by atoms with Crippen LogP contribution in [0.2, 0.25) is 5.02 Å². The molecule has 5 heteroatoms. The molecule has 1 N–H and O–H groups in total. The molecule has 1 atom stereocenters. The van der Waals surface area contributed by atoms with E-state index in [2.05, 4.69) is 10.2 Å². The van der Waals surface area contributed by atoms with E-state index in [-0.39, 0.29) is 11.9 Å². The number of nitrogens with zero attached hydrogens (tertiary/aromatic N) is 1. The van der Waals surface area contributed by atoms with E-state index in [4.69, 9.17) is 16.0 Å². The van der Waals surface area contributed by atoms with E-state index in [9.17, 15) is 4.79 Å². The molecule has 1 saturated heterocycles. The Morgan fingerprint density at radius 2 is 2.04 bits per heavy atom. The number of furan rings is 1. The minimum Gasteiger partial charge on any atom is -0.468 e. The molecule has 4 nitrogen and oxygen atoms in total. The van der Waals surface area contributed by atoms with Crippen LogP contribution in [-0.4, -0.2) is 30.4 Å². The summed E-state index contributed by atoms with van der Waals surface area (Å²) in [6.07, 6.45) is 7.31. The van der Waals surface area contributed by atoms with Crippen molar-refractivity contribution in [1.82, 2.24) is 10.2 Å². The van der Waals surface area contributed by atoms with E-state index in [0.717, 1.165) is 24.4 Å². The first-order valence-electron chi connectivity index (χ1n) is 8.22. The number of hydrogen-bond acceptors (Lipinski definition) is 3. The Bertz CT molecular complexity index is 691. The average Bonchev–Trinajstić information content (AvgIpc) is 3.28. The second kappa shape index (κ2) is 8.18. The standard InChI is InChI=1S/C19H21ClN2O2/c20-16-7-2-1-6-15(16)9-10-19(23)21-14-17(18-8-5-13-24-18)22-11-3-4-12-22/h1-2,5-10,13,17H,3-4,11-12,14H2,(H,21,23)/b10-9+/t17-/m0/s1. The Balaban J connectivity index is 1.60. The van der Waals surface area contributed by atoms with E-state index >= 15 is 0 Å². The predicted molar refractivity (Wildman–Crippen MR) is 95.8 cm³/mol. The van der Waals surface area contributed by atoms with Crippen LogP contribution >= 0.6 is 11.6 Å². The highest BCUT2D eigenvalue weighted by atomic mass is 35.5. The molecule has 1 aromatic carbocycles. The van der Waals surface area contributed by atoms with Crippen LogP contribution in [0, 0.1) is 0 Å². The highest BCUT2D eigenvalue weighted by molar-refractivity contribution is 6.32. The zero-order chi connectivity index (χ0) is 16.8. The third-order valence-corrected chi connectivity index (χ3v) is 4.59. The summed E-state index contributed by atoms with van der Waals surface area (Å²) in [4.78, 5) is 14.5. The van der Waals surface area contributed by atoms with Gasteiger partial charge in [0, 0.05) is 17.6 Å². The van der Waals surface area contributed by atoms with E-state index in [1.165, 1.54) is 18.9 Å². The second-order valence-corrected chi connectivity index (χ2v) is 6.28. The molecule has 1 aliphatic rings. The van der Waals surface area contributed by atoms with Gasteiger partial charge in [-0.2, -0.15) is 0 Å². The summed E-state index contributed by atoms with van der Waals surface area (Å²) < 4.78 is 5.56. The van der Waals surface area contributed by atoms with Gasteiger partial charge in [0.2, 0.25) is 5.91 Å². The van der Waals surface area contributed by atoms with Crippen LogP contribution in [0.25, 0.3) is 6.08 Å². The fourth-order valence-electron chi connectivity index (χ4n) is 2.98. The van der Waals surface area contributed by atoms with E-state index < -0.39 is 0 Å². The number of carbonyl (C=O) groups excluding carboxylic acids is 1. The molecule has 0 spiro atoms. The summed E-state index contributed by atoms with van der Waals surface area (Å²) >= 11 is 6.09. The predicted octanol–water partition coefficient (Wildman–Crippen LogP) is 3.90. The van der Waals surface area contributed by atoms with Crippen molar-refractivity contribution in [1.29, 1.82) is 0 Å². The van der Waals surface area contributed by atoms with Gasteiger partial charge >= 0.3 is 0 Å². The lowest BCUT2D eigenvalue weighted by Gasteiger charge is -2.25. The Morgan fingerprint density at radius 1 is 1.25 bits per heavy atom. The first-order valence-corrected chi connectivity index (χ1v) is 8.60. The van der Waals surface area contributed by atoms with Gasteiger partial charge in [-0.1, -0.05) is 29.8 Å². The lowest BCUT2D eigenvalue weighted by molar-refractivity contribution is -0.116. The Kier molecular flexibility index (Phi) is 5.72. The number of halogens is 1. The summed E-state index contributed by atoms with van der Waals surface area (Å²) in [5.74, 6) is 0.762. The number of carbonyl (C=O) groups is 1. The van der Waals surface area contributed by atoms with Crippen molar-refractivity contribution in [3.8, 4) is 0 Å². The van der Waals surface area contributed by atoms with Crippen molar-refractivity contribution in [3.63, 3.8) is 0 Å². The molecule has 126 valence electrons. The van der Waals surface area contributed by atoms with Crippen LogP contribution < -0.4 is 5.32 Å². The molecule has 0 radical (unpaired) electrons. The van der Waals surface area contributed by atoms with Crippen LogP contribution in [0.15, 0.2) is 53.2 Å². The number of benzene rings is 1. The van der Waals surface area contributed by atoms with Crippen molar-refractivity contribution in [3.05, 3.63) is 65.1 Å². The highest BCUT2D eigenvalue weighted by Gasteiger charge is 2.25. The van der Waals surface area contributed by atoms with E-state index in [0.29, 0.717) is 11.6 Å². The number of amides is 1. The first kappa shape index (κ1) is 16.8. The molecule has 24 heavy (non-hydrogen) atoms. The Hall–Kier alpha value is -2.04. The van der Waals surface area contributed by atoms with Gasteiger partial charge in [0.05, 0.1) is 12.3 Å². The number of nitrogens with one attached hydrogen (secondary N) is 1. The zero-order valence-electron chi connectivity index (χ0n) is 13.5. The molecule has 0 bridgehead atoms. The third kappa shape index (κ3) is 4.28. The molecule has 2 heterocycles. The minimum absolute atomic E-state index is 0.0835. The molecule has 1 amide bonds. The van der Waals surface area contributed by atoms with Crippen LogP contribution in [0.5, 0.6) is 0 Å². The molecular weight excluding hydrogens is 324 g/mol. The smallest absolute Gasteiger partial charge is 0.244 e. The summed E-state index contributed by atoms with van der Waals surface area (Å²) in [6.45, 7) is 2.60. The highest BCUT2D eigenvalue weighted by Crippen LogP contribution is 2.24. The number of rotatable bonds is 6. The van der Waals surface area contributed by atoms with Gasteiger partial charge in [-0.15, -0.1) is 0 Å². The fraction of sp³-hybridized carbons (Fsp3) is 0.316. The summed E-state index contributed by atoms with van der Waals surface area (Å²) in [7, 11) is 0. The molecule has 0 aliphatic carbocycles. The van der Waals surface area contributed by atoms with Gasteiger partial charge in [-0.25, -0.2) is 0 Å². The van der Waals surface area contributed by atoms with Gasteiger partial charge in [0.25, 0.3) is 0 Å². The molecule has 2 aromatic rings. The maximum absolute atomic E-state index is 12.1. The van der Waals surface area contributed by atoms with Gasteiger partial charge in [-0.05, 0) is 55.8 Å². The zero-order valence-corrected chi connectivity index (χ0v) is 14.2. The maximum Gasteiger partial charge on any atom is 0.244 e. The number of likely N-dealkylation sites (tertiary alicyclic amines) is 1. The molecule has 0 saturated carbocycles. The molecule has 1 aliphatic heterocycles. The molecule has 1 aromatic heterocycles. The summed E-state index contributed by atoms with van der Waals surface area (Å²) in [6, 6.07) is 11.4. The molecule has 1 fully saturated rings. The lowest BCUT2D eigenvalue weighted by atomic mass is 10.2. The van der Waals surface area contributed by atoms with Crippen molar-refractivity contribution >= 4 is 23.6 Å². The third-order valence-electron chi connectivity index (χ3n) is 4.24. The van der Waals surface area contributed by atoms with Gasteiger partial charge in [0.15, 0.2) is 0 Å². The van der Waals surface area contributed by atoms with Crippen molar-refractivity contribution in [2.24, 2.45) is 0 Å². The average molecular weight is 345 g/mol. The van der Waals surface area contributed by atoms with Crippen LogP contribution in [0.4, 0.5) is 0 Å². The maximum atomic E-state index is 12.1. The van der Waals surface area contributed by atoms with Crippen molar-refractivity contribution < 1.29 is 9.21 Å². The first-order chi connectivity index (χ1) is 11.7. The second-order valence-electron chi connectivity index (χ2n) is 5.87. The van der Waals surface area contributed by atoms with E-state index in [1.54, 1.807) is 18.4 Å². The minimum atomic E-state index is -0.134.